The van der Waals surface area contributed by atoms with Crippen molar-refractivity contribution in [3.05, 3.63) is 18.0 Å². The van der Waals surface area contributed by atoms with Crippen molar-refractivity contribution in [1.29, 1.82) is 0 Å². The molecule has 2 aromatic heterocycles. The maximum Gasteiger partial charge on any atom is 0.407 e. The number of carbonyl (C=O) groups is 2. The summed E-state index contributed by atoms with van der Waals surface area (Å²) in [6, 6.07) is 0.165. The van der Waals surface area contributed by atoms with Crippen LogP contribution in [0.2, 0.25) is 0 Å². The summed E-state index contributed by atoms with van der Waals surface area (Å²) in [5, 5.41) is 21.0. The third kappa shape index (κ3) is 4.18. The number of aryl methyl sites for hydroxylation is 1. The molecule has 162 valence electrons. The lowest BCUT2D eigenvalue weighted by molar-refractivity contribution is 0.0900. The predicted octanol–water partition coefficient (Wildman–Crippen LogP) is 1.91. The third-order valence-corrected chi connectivity index (χ3v) is 5.88. The summed E-state index contributed by atoms with van der Waals surface area (Å²) in [5.74, 6) is -0.197. The van der Waals surface area contributed by atoms with Gasteiger partial charge in [-0.05, 0) is 32.6 Å². The van der Waals surface area contributed by atoms with Gasteiger partial charge in [0.2, 0.25) is 0 Å². The van der Waals surface area contributed by atoms with Crippen LogP contribution in [0.4, 0.5) is 10.5 Å². The quantitative estimate of drug-likeness (QED) is 0.681. The van der Waals surface area contributed by atoms with E-state index in [2.05, 4.69) is 20.7 Å². The van der Waals surface area contributed by atoms with E-state index in [1.165, 1.54) is 4.90 Å². The first kappa shape index (κ1) is 20.4. The Bertz CT molecular complexity index is 915. The lowest BCUT2D eigenvalue weighted by Gasteiger charge is -2.31. The second-order valence-electron chi connectivity index (χ2n) is 7.79. The van der Waals surface area contributed by atoms with Crippen LogP contribution in [0.5, 0.6) is 0 Å². The van der Waals surface area contributed by atoms with E-state index in [1.807, 2.05) is 11.6 Å². The molecule has 3 N–H and O–H groups in total. The average molecular weight is 416 g/mol. The Kier molecular flexibility index (Phi) is 6.03. The average Bonchev–Trinajstić information content (AvgIpc) is 3.18. The second-order valence-corrected chi connectivity index (χ2v) is 7.79. The normalized spacial score (nSPS) is 18.5. The van der Waals surface area contributed by atoms with Gasteiger partial charge >= 0.3 is 6.09 Å². The molecular weight excluding hydrogens is 388 g/mol. The zero-order chi connectivity index (χ0) is 21.1. The number of carboxylic acid groups (broad SMARTS) is 1. The highest BCUT2D eigenvalue weighted by Crippen LogP contribution is 2.28. The molecule has 2 saturated heterocycles. The highest BCUT2D eigenvalue weighted by atomic mass is 16.5. The molecule has 30 heavy (non-hydrogen) atoms. The number of likely N-dealkylation sites (tertiary alicyclic amines) is 1. The van der Waals surface area contributed by atoms with Crippen molar-refractivity contribution >= 4 is 28.7 Å². The predicted molar refractivity (Wildman–Crippen MR) is 111 cm³/mol. The number of hydrogen-bond acceptors (Lipinski definition) is 6. The molecule has 0 atom stereocenters. The van der Waals surface area contributed by atoms with Gasteiger partial charge in [-0.15, -0.1) is 0 Å². The van der Waals surface area contributed by atoms with E-state index in [0.29, 0.717) is 51.3 Å². The standard InChI is InChI=1S/C20H28N6O4/c1-2-26-18-15(12-22-26)17(23-14-5-9-30-10-6-14)16(11-21-18)19(27)24-13-3-7-25(8-4-13)20(28)29/h11-14H,2-10H2,1H3,(H,21,23)(H,24,27)(H,28,29). The summed E-state index contributed by atoms with van der Waals surface area (Å²) >= 11 is 0. The summed E-state index contributed by atoms with van der Waals surface area (Å²) in [4.78, 5) is 30.1. The molecule has 2 aromatic rings. The molecule has 2 amide bonds. The molecule has 4 rings (SSSR count). The van der Waals surface area contributed by atoms with Gasteiger partial charge in [0.05, 0.1) is 22.8 Å². The number of carbonyl (C=O) groups excluding carboxylic acids is 1. The van der Waals surface area contributed by atoms with Crippen LogP contribution >= 0.6 is 0 Å². The molecule has 0 aliphatic carbocycles. The lowest BCUT2D eigenvalue weighted by Crippen LogP contribution is -2.46. The third-order valence-electron chi connectivity index (χ3n) is 5.88. The number of piperidine rings is 1. The van der Waals surface area contributed by atoms with Gasteiger partial charge in [-0.25, -0.2) is 14.5 Å². The Balaban J connectivity index is 1.56. The van der Waals surface area contributed by atoms with Crippen molar-refractivity contribution in [2.75, 3.05) is 31.6 Å². The van der Waals surface area contributed by atoms with E-state index in [4.69, 9.17) is 9.84 Å². The molecule has 2 fully saturated rings. The largest absolute Gasteiger partial charge is 0.465 e. The molecular formula is C20H28N6O4. The van der Waals surface area contributed by atoms with Crippen LogP contribution in [0.3, 0.4) is 0 Å². The Hall–Kier alpha value is -2.88. The van der Waals surface area contributed by atoms with Gasteiger partial charge in [-0.3, -0.25) is 4.79 Å². The molecule has 2 aliphatic rings. The number of fused-ring (bicyclic) bond motifs is 1. The summed E-state index contributed by atoms with van der Waals surface area (Å²) < 4.78 is 7.27. The smallest absolute Gasteiger partial charge is 0.407 e. The van der Waals surface area contributed by atoms with Gasteiger partial charge in [-0.1, -0.05) is 0 Å². The molecule has 4 heterocycles. The van der Waals surface area contributed by atoms with E-state index >= 15 is 0 Å². The van der Waals surface area contributed by atoms with E-state index in [9.17, 15) is 9.59 Å². The molecule has 0 aromatic carbocycles. The summed E-state index contributed by atoms with van der Waals surface area (Å²) in [6.45, 7) is 4.94. The van der Waals surface area contributed by atoms with Crippen LogP contribution in [0.1, 0.15) is 43.0 Å². The first-order valence-electron chi connectivity index (χ1n) is 10.5. The lowest BCUT2D eigenvalue weighted by atomic mass is 10.0. The Morgan fingerprint density at radius 3 is 2.57 bits per heavy atom. The molecule has 10 nitrogen and oxygen atoms in total. The highest BCUT2D eigenvalue weighted by molar-refractivity contribution is 6.06. The minimum atomic E-state index is -0.912. The van der Waals surface area contributed by atoms with E-state index < -0.39 is 6.09 Å². The van der Waals surface area contributed by atoms with Gasteiger partial charge in [0.25, 0.3) is 5.91 Å². The van der Waals surface area contributed by atoms with Crippen LogP contribution in [-0.2, 0) is 11.3 Å². The number of pyridine rings is 1. The number of nitrogens with zero attached hydrogens (tertiary/aromatic N) is 4. The molecule has 2 aliphatic heterocycles. The van der Waals surface area contributed by atoms with Crippen LogP contribution in [0, 0.1) is 0 Å². The molecule has 0 radical (unpaired) electrons. The number of hydrogen-bond donors (Lipinski definition) is 3. The first-order chi connectivity index (χ1) is 14.6. The molecule has 0 unspecified atom stereocenters. The monoisotopic (exact) mass is 416 g/mol. The Morgan fingerprint density at radius 1 is 1.17 bits per heavy atom. The van der Waals surface area contributed by atoms with Crippen LogP contribution in [0.15, 0.2) is 12.4 Å². The van der Waals surface area contributed by atoms with Gasteiger partial charge in [0.1, 0.15) is 0 Å². The fourth-order valence-electron chi connectivity index (χ4n) is 4.11. The van der Waals surface area contributed by atoms with Crippen LogP contribution < -0.4 is 10.6 Å². The second kappa shape index (κ2) is 8.86. The number of anilines is 1. The maximum atomic E-state index is 13.1. The topological polar surface area (TPSA) is 122 Å². The SMILES string of the molecule is CCn1ncc2c(NC3CCOCC3)c(C(=O)NC3CCN(C(=O)O)CC3)cnc21. The molecule has 10 heteroatoms. The fraction of sp³-hybridized carbons (Fsp3) is 0.600. The molecule has 0 spiro atoms. The minimum absolute atomic E-state index is 0.0573. The van der Waals surface area contributed by atoms with E-state index in [0.717, 1.165) is 29.6 Å². The summed E-state index contributed by atoms with van der Waals surface area (Å²) in [5.41, 5.74) is 2.00. The van der Waals surface area contributed by atoms with Crippen molar-refractivity contribution in [2.45, 2.75) is 51.2 Å². The van der Waals surface area contributed by atoms with Crippen molar-refractivity contribution in [1.82, 2.24) is 25.0 Å². The molecule has 0 saturated carbocycles. The number of nitrogens with one attached hydrogen (secondary N) is 2. The van der Waals surface area contributed by atoms with Crippen molar-refractivity contribution in [3.63, 3.8) is 0 Å². The van der Waals surface area contributed by atoms with E-state index in [1.54, 1.807) is 12.4 Å². The van der Waals surface area contributed by atoms with Crippen molar-refractivity contribution in [2.24, 2.45) is 0 Å². The summed E-state index contributed by atoms with van der Waals surface area (Å²) in [6.07, 6.45) is 5.41. The number of rotatable bonds is 5. The number of ether oxygens (including phenoxy) is 1. The fourth-order valence-corrected chi connectivity index (χ4v) is 4.11. The van der Waals surface area contributed by atoms with E-state index in [-0.39, 0.29) is 18.0 Å². The molecule has 0 bridgehead atoms. The first-order valence-corrected chi connectivity index (χ1v) is 10.5. The highest BCUT2D eigenvalue weighted by Gasteiger charge is 2.26. The maximum absolute atomic E-state index is 13.1. The Labute approximate surface area is 174 Å². The Morgan fingerprint density at radius 2 is 1.90 bits per heavy atom. The van der Waals surface area contributed by atoms with Gasteiger partial charge in [0, 0.05) is 51.1 Å². The van der Waals surface area contributed by atoms with Crippen molar-refractivity contribution in [3.8, 4) is 0 Å². The van der Waals surface area contributed by atoms with Gasteiger partial charge in [-0.2, -0.15) is 5.10 Å². The van der Waals surface area contributed by atoms with Crippen LogP contribution in [-0.4, -0.2) is 75.2 Å². The zero-order valence-electron chi connectivity index (χ0n) is 17.1. The van der Waals surface area contributed by atoms with Crippen molar-refractivity contribution < 1.29 is 19.4 Å². The van der Waals surface area contributed by atoms with Gasteiger partial charge < -0.3 is 25.4 Å². The number of amides is 2. The van der Waals surface area contributed by atoms with Crippen LogP contribution in [0.25, 0.3) is 11.0 Å². The summed E-state index contributed by atoms with van der Waals surface area (Å²) in [7, 11) is 0. The zero-order valence-corrected chi connectivity index (χ0v) is 17.1. The van der Waals surface area contributed by atoms with Gasteiger partial charge in [0.15, 0.2) is 5.65 Å². The number of aromatic nitrogens is 3. The minimum Gasteiger partial charge on any atom is -0.465 e.